The normalized spacial score (nSPS) is 19.4. The molecule has 0 spiro atoms. The van der Waals surface area contributed by atoms with Crippen molar-refractivity contribution < 1.29 is 22.7 Å². The average molecular weight is 320 g/mol. The van der Waals surface area contributed by atoms with Crippen LogP contribution < -0.4 is 0 Å². The molecule has 112 valence electrons. The lowest BCUT2D eigenvalue weighted by Crippen LogP contribution is -2.34. The molecule has 0 amide bonds. The molecule has 7 nitrogen and oxygen atoms in total. The van der Waals surface area contributed by atoms with Crippen LogP contribution in [0.1, 0.15) is 23.3 Å². The highest BCUT2D eigenvalue weighted by molar-refractivity contribution is 7.91. The quantitative estimate of drug-likeness (QED) is 0.744. The number of thiazole rings is 1. The molecule has 1 aromatic rings. The second kappa shape index (κ2) is 6.17. The van der Waals surface area contributed by atoms with Crippen molar-refractivity contribution in [3.8, 4) is 0 Å². The second-order valence-electron chi connectivity index (χ2n) is 4.40. The molecular weight excluding hydrogens is 304 g/mol. The molecule has 1 saturated heterocycles. The number of nitrogens with zero attached hydrogens (tertiary/aromatic N) is 2. The van der Waals surface area contributed by atoms with E-state index in [2.05, 4.69) is 9.72 Å². The number of rotatable bonds is 5. The summed E-state index contributed by atoms with van der Waals surface area (Å²) in [5, 5.41) is 0. The molecule has 0 aromatic carbocycles. The summed E-state index contributed by atoms with van der Waals surface area (Å²) in [5.41, 5.74) is 1.15. The Hall–Kier alpha value is -1.03. The van der Waals surface area contributed by atoms with Gasteiger partial charge < -0.3 is 9.47 Å². The van der Waals surface area contributed by atoms with Crippen LogP contribution in [0.25, 0.3) is 0 Å². The van der Waals surface area contributed by atoms with Crippen LogP contribution in [0.5, 0.6) is 0 Å². The van der Waals surface area contributed by atoms with Gasteiger partial charge in [-0.15, -0.1) is 11.3 Å². The van der Waals surface area contributed by atoms with Crippen molar-refractivity contribution >= 4 is 27.3 Å². The predicted octanol–water partition coefficient (Wildman–Crippen LogP) is 0.729. The van der Waals surface area contributed by atoms with E-state index in [1.165, 1.54) is 24.0 Å². The zero-order chi connectivity index (χ0) is 14.8. The Morgan fingerprint density at radius 3 is 3.00 bits per heavy atom. The Kier molecular flexibility index (Phi) is 4.74. The van der Waals surface area contributed by atoms with Crippen LogP contribution in [0.3, 0.4) is 0 Å². The van der Waals surface area contributed by atoms with Crippen molar-refractivity contribution in [1.29, 1.82) is 0 Å². The molecule has 1 unspecified atom stereocenters. The maximum Gasteiger partial charge on any atom is 0.358 e. The van der Waals surface area contributed by atoms with Crippen molar-refractivity contribution in [3.63, 3.8) is 0 Å². The molecule has 20 heavy (non-hydrogen) atoms. The highest BCUT2D eigenvalue weighted by Gasteiger charge is 2.32. The number of esters is 1. The molecule has 1 aromatic heterocycles. The Labute approximate surface area is 121 Å². The van der Waals surface area contributed by atoms with Gasteiger partial charge in [-0.1, -0.05) is 0 Å². The maximum atomic E-state index is 12.5. The van der Waals surface area contributed by atoms with Crippen molar-refractivity contribution in [1.82, 2.24) is 9.29 Å². The molecule has 1 fully saturated rings. The van der Waals surface area contributed by atoms with Crippen molar-refractivity contribution in [2.24, 2.45) is 0 Å². The summed E-state index contributed by atoms with van der Waals surface area (Å²) in [6.07, 6.45) is 1.68. The Morgan fingerprint density at radius 1 is 1.65 bits per heavy atom. The van der Waals surface area contributed by atoms with Crippen LogP contribution in [-0.2, 0) is 19.5 Å². The third-order valence-corrected chi connectivity index (χ3v) is 6.21. The highest BCUT2D eigenvalue weighted by atomic mass is 32.2. The topological polar surface area (TPSA) is 85.8 Å². The molecule has 1 aliphatic heterocycles. The molecule has 0 saturated carbocycles. The van der Waals surface area contributed by atoms with Gasteiger partial charge in [-0.2, -0.15) is 4.31 Å². The Balaban J connectivity index is 2.21. The van der Waals surface area contributed by atoms with Crippen LogP contribution >= 0.6 is 11.3 Å². The molecule has 0 aliphatic carbocycles. The van der Waals surface area contributed by atoms with Gasteiger partial charge in [0.2, 0.25) is 0 Å². The number of sulfonamides is 1. The number of methoxy groups -OCH3 is 1. The molecule has 0 bridgehead atoms. The number of ether oxygens (including phenoxy) is 2. The minimum absolute atomic E-state index is 0.0927. The minimum atomic E-state index is -3.76. The third-order valence-electron chi connectivity index (χ3n) is 3.04. The Bertz CT molecular complexity index is 577. The number of likely N-dealkylation sites (N-methyl/N-ethyl adjacent to an activating group) is 1. The van der Waals surface area contributed by atoms with Gasteiger partial charge in [0.05, 0.1) is 18.7 Å². The van der Waals surface area contributed by atoms with E-state index in [1.807, 2.05) is 0 Å². The SMILES string of the molecule is COC(=O)c1ncsc1S(=O)(=O)N(C)CC1CCCO1. The van der Waals surface area contributed by atoms with Gasteiger partial charge in [-0.05, 0) is 12.8 Å². The predicted molar refractivity (Wildman–Crippen MR) is 72.2 cm³/mol. The number of aromatic nitrogens is 1. The van der Waals surface area contributed by atoms with Gasteiger partial charge in [0.1, 0.15) is 0 Å². The van der Waals surface area contributed by atoms with E-state index in [-0.39, 0.29) is 22.6 Å². The first kappa shape index (κ1) is 15.4. The number of hydrogen-bond acceptors (Lipinski definition) is 7. The van der Waals surface area contributed by atoms with E-state index < -0.39 is 16.0 Å². The largest absolute Gasteiger partial charge is 0.464 e. The van der Waals surface area contributed by atoms with E-state index in [9.17, 15) is 13.2 Å². The van der Waals surface area contributed by atoms with Crippen LogP contribution in [0, 0.1) is 0 Å². The standard InChI is InChI=1S/C11H16N2O5S2/c1-13(6-8-4-3-5-18-8)20(15,16)11-9(10(14)17-2)12-7-19-11/h7-8H,3-6H2,1-2H3. The average Bonchev–Trinajstić information content (AvgIpc) is 3.08. The van der Waals surface area contributed by atoms with Crippen molar-refractivity contribution in [2.75, 3.05) is 27.3 Å². The van der Waals surface area contributed by atoms with E-state index in [1.54, 1.807) is 0 Å². The van der Waals surface area contributed by atoms with Crippen LogP contribution in [0.15, 0.2) is 9.72 Å². The number of carbonyl (C=O) groups is 1. The first-order valence-corrected chi connectivity index (χ1v) is 8.38. The third kappa shape index (κ3) is 3.00. The zero-order valence-electron chi connectivity index (χ0n) is 11.2. The molecule has 0 radical (unpaired) electrons. The molecule has 9 heteroatoms. The monoisotopic (exact) mass is 320 g/mol. The minimum Gasteiger partial charge on any atom is -0.464 e. The second-order valence-corrected chi connectivity index (χ2v) is 7.50. The summed E-state index contributed by atoms with van der Waals surface area (Å²) in [6.45, 7) is 0.924. The van der Waals surface area contributed by atoms with E-state index in [0.29, 0.717) is 6.61 Å². The number of carbonyl (C=O) groups excluding carboxylic acids is 1. The van der Waals surface area contributed by atoms with E-state index >= 15 is 0 Å². The molecular formula is C11H16N2O5S2. The summed E-state index contributed by atoms with van der Waals surface area (Å²) in [5.74, 6) is -0.754. The maximum absolute atomic E-state index is 12.5. The van der Waals surface area contributed by atoms with Gasteiger partial charge in [0.25, 0.3) is 10.0 Å². The van der Waals surface area contributed by atoms with Gasteiger partial charge in [0.15, 0.2) is 9.90 Å². The summed E-state index contributed by atoms with van der Waals surface area (Å²) in [7, 11) is -1.10. The van der Waals surface area contributed by atoms with Crippen molar-refractivity contribution in [3.05, 3.63) is 11.2 Å². The summed E-state index contributed by atoms with van der Waals surface area (Å²) >= 11 is 0.904. The van der Waals surface area contributed by atoms with Crippen molar-refractivity contribution in [2.45, 2.75) is 23.2 Å². The molecule has 2 heterocycles. The van der Waals surface area contributed by atoms with Gasteiger partial charge >= 0.3 is 5.97 Å². The number of hydrogen-bond donors (Lipinski definition) is 0. The van der Waals surface area contributed by atoms with E-state index in [0.717, 1.165) is 24.2 Å². The van der Waals surface area contributed by atoms with Gasteiger partial charge in [-0.25, -0.2) is 18.2 Å². The lowest BCUT2D eigenvalue weighted by molar-refractivity contribution is 0.0590. The molecule has 0 N–H and O–H groups in total. The van der Waals surface area contributed by atoms with Crippen LogP contribution in [0.2, 0.25) is 0 Å². The fourth-order valence-corrected chi connectivity index (χ4v) is 4.49. The lowest BCUT2D eigenvalue weighted by atomic mass is 10.2. The lowest BCUT2D eigenvalue weighted by Gasteiger charge is -2.19. The first-order valence-electron chi connectivity index (χ1n) is 6.06. The van der Waals surface area contributed by atoms with Gasteiger partial charge in [0, 0.05) is 20.2 Å². The van der Waals surface area contributed by atoms with Gasteiger partial charge in [-0.3, -0.25) is 0 Å². The molecule has 1 atom stereocenters. The van der Waals surface area contributed by atoms with Crippen LogP contribution in [-0.4, -0.2) is 57.1 Å². The first-order chi connectivity index (χ1) is 9.46. The Morgan fingerprint density at radius 2 is 2.40 bits per heavy atom. The fourth-order valence-electron chi connectivity index (χ4n) is 1.97. The smallest absolute Gasteiger partial charge is 0.358 e. The zero-order valence-corrected chi connectivity index (χ0v) is 12.9. The highest BCUT2D eigenvalue weighted by Crippen LogP contribution is 2.25. The summed E-state index contributed by atoms with van der Waals surface area (Å²) in [4.78, 5) is 15.3. The summed E-state index contributed by atoms with van der Waals surface area (Å²) in [6, 6.07) is 0. The van der Waals surface area contributed by atoms with E-state index in [4.69, 9.17) is 4.74 Å². The summed E-state index contributed by atoms with van der Waals surface area (Å²) < 4.78 is 36.0. The van der Waals surface area contributed by atoms with Crippen LogP contribution in [0.4, 0.5) is 0 Å². The molecule has 1 aliphatic rings. The fraction of sp³-hybridized carbons (Fsp3) is 0.636. The molecule has 2 rings (SSSR count).